The summed E-state index contributed by atoms with van der Waals surface area (Å²) in [6.07, 6.45) is 3.62. The van der Waals surface area contributed by atoms with Gasteiger partial charge in [-0.2, -0.15) is 0 Å². The number of hydrogen-bond acceptors (Lipinski definition) is 4. The van der Waals surface area contributed by atoms with E-state index in [1.54, 1.807) is 7.11 Å². The molecule has 0 aromatic heterocycles. The minimum Gasteiger partial charge on any atom is -0.495 e. The molecule has 1 unspecified atom stereocenters. The fourth-order valence-electron chi connectivity index (χ4n) is 2.71. The summed E-state index contributed by atoms with van der Waals surface area (Å²) < 4.78 is 5.49. The zero-order valence-electron chi connectivity index (χ0n) is 12.9. The van der Waals surface area contributed by atoms with E-state index in [-0.39, 0.29) is 0 Å². The Morgan fingerprint density at radius 1 is 1.30 bits per heavy atom. The number of nitrogens with zero attached hydrogens (tertiary/aromatic N) is 1. The number of benzene rings is 1. The lowest BCUT2D eigenvalue weighted by Crippen LogP contribution is -2.22. The van der Waals surface area contributed by atoms with Gasteiger partial charge in [-0.15, -0.1) is 0 Å². The SMILES string of the molecule is COc1ccc(CN(C)C)cc1NC1CCCNCC1. The molecule has 4 heteroatoms. The molecule has 112 valence electrons. The highest BCUT2D eigenvalue weighted by molar-refractivity contribution is 5.58. The Kier molecular flexibility index (Phi) is 5.68. The van der Waals surface area contributed by atoms with E-state index < -0.39 is 0 Å². The van der Waals surface area contributed by atoms with Gasteiger partial charge < -0.3 is 20.3 Å². The van der Waals surface area contributed by atoms with Crippen LogP contribution in [0.5, 0.6) is 5.75 Å². The van der Waals surface area contributed by atoms with Crippen molar-refractivity contribution >= 4 is 5.69 Å². The molecule has 0 bridgehead atoms. The Morgan fingerprint density at radius 2 is 2.15 bits per heavy atom. The average molecular weight is 277 g/mol. The van der Waals surface area contributed by atoms with E-state index in [1.807, 2.05) is 0 Å². The summed E-state index contributed by atoms with van der Waals surface area (Å²) in [7, 11) is 5.92. The molecule has 1 aromatic rings. The Morgan fingerprint density at radius 3 is 2.90 bits per heavy atom. The number of hydrogen-bond donors (Lipinski definition) is 2. The maximum absolute atomic E-state index is 5.49. The molecule has 1 atom stereocenters. The predicted molar refractivity (Wildman–Crippen MR) is 84.5 cm³/mol. The van der Waals surface area contributed by atoms with Crippen molar-refractivity contribution in [3.8, 4) is 5.75 Å². The summed E-state index contributed by atoms with van der Waals surface area (Å²) in [5.74, 6) is 0.935. The first-order valence-corrected chi connectivity index (χ1v) is 7.48. The second kappa shape index (κ2) is 7.50. The van der Waals surface area contributed by atoms with Crippen LogP contribution >= 0.6 is 0 Å². The van der Waals surface area contributed by atoms with Crippen molar-refractivity contribution < 1.29 is 4.74 Å². The van der Waals surface area contributed by atoms with Gasteiger partial charge in [-0.25, -0.2) is 0 Å². The molecule has 0 amide bonds. The summed E-state index contributed by atoms with van der Waals surface area (Å²) in [6.45, 7) is 3.18. The van der Waals surface area contributed by atoms with Crippen LogP contribution in [0.15, 0.2) is 18.2 Å². The summed E-state index contributed by atoms with van der Waals surface area (Å²) in [5, 5.41) is 7.12. The zero-order valence-corrected chi connectivity index (χ0v) is 12.9. The molecule has 0 aliphatic carbocycles. The molecular weight excluding hydrogens is 250 g/mol. The largest absolute Gasteiger partial charge is 0.495 e. The number of anilines is 1. The van der Waals surface area contributed by atoms with Gasteiger partial charge in [0.2, 0.25) is 0 Å². The van der Waals surface area contributed by atoms with Gasteiger partial charge >= 0.3 is 0 Å². The smallest absolute Gasteiger partial charge is 0.141 e. The van der Waals surface area contributed by atoms with Crippen molar-refractivity contribution in [2.75, 3.05) is 39.6 Å². The molecule has 1 aromatic carbocycles. The molecule has 4 nitrogen and oxygen atoms in total. The van der Waals surface area contributed by atoms with Crippen molar-refractivity contribution in [2.45, 2.75) is 31.8 Å². The maximum Gasteiger partial charge on any atom is 0.141 e. The van der Waals surface area contributed by atoms with Crippen LogP contribution in [-0.4, -0.2) is 45.2 Å². The number of nitrogens with one attached hydrogen (secondary N) is 2. The number of rotatable bonds is 5. The molecule has 1 aliphatic heterocycles. The van der Waals surface area contributed by atoms with Crippen molar-refractivity contribution in [1.29, 1.82) is 0 Å². The first kappa shape index (κ1) is 15.1. The van der Waals surface area contributed by atoms with Crippen LogP contribution in [0.3, 0.4) is 0 Å². The van der Waals surface area contributed by atoms with Crippen molar-refractivity contribution in [2.24, 2.45) is 0 Å². The predicted octanol–water partition coefficient (Wildman–Crippen LogP) is 2.31. The molecule has 1 saturated heterocycles. The fourth-order valence-corrected chi connectivity index (χ4v) is 2.71. The molecule has 2 N–H and O–H groups in total. The standard InChI is InChI=1S/C16H27N3O/c1-19(2)12-13-6-7-16(20-3)15(11-13)18-14-5-4-9-17-10-8-14/h6-7,11,14,17-18H,4-5,8-10,12H2,1-3H3. The summed E-state index contributed by atoms with van der Waals surface area (Å²) >= 11 is 0. The van der Waals surface area contributed by atoms with Gasteiger partial charge in [0.15, 0.2) is 0 Å². The summed E-state index contributed by atoms with van der Waals surface area (Å²) in [5.41, 5.74) is 2.43. The lowest BCUT2D eigenvalue weighted by molar-refractivity contribution is 0.400. The van der Waals surface area contributed by atoms with E-state index in [1.165, 1.54) is 24.8 Å². The van der Waals surface area contributed by atoms with E-state index in [9.17, 15) is 0 Å². The van der Waals surface area contributed by atoms with Crippen LogP contribution in [0.4, 0.5) is 5.69 Å². The number of methoxy groups -OCH3 is 1. The summed E-state index contributed by atoms with van der Waals surface area (Å²) in [4.78, 5) is 2.18. The van der Waals surface area contributed by atoms with Crippen molar-refractivity contribution in [3.05, 3.63) is 23.8 Å². The molecule has 2 rings (SSSR count). The van der Waals surface area contributed by atoms with Crippen molar-refractivity contribution in [1.82, 2.24) is 10.2 Å². The second-order valence-corrected chi connectivity index (χ2v) is 5.79. The summed E-state index contributed by atoms with van der Waals surface area (Å²) in [6, 6.07) is 6.96. The van der Waals surface area contributed by atoms with Crippen LogP contribution in [-0.2, 0) is 6.54 Å². The quantitative estimate of drug-likeness (QED) is 0.866. The van der Waals surface area contributed by atoms with E-state index in [0.29, 0.717) is 6.04 Å². The normalized spacial score (nSPS) is 19.7. The molecular formula is C16H27N3O. The van der Waals surface area contributed by atoms with Gasteiger partial charge in [-0.3, -0.25) is 0 Å². The third-order valence-electron chi connectivity index (χ3n) is 3.70. The third kappa shape index (κ3) is 4.39. The molecule has 1 fully saturated rings. The molecule has 1 aliphatic rings. The molecule has 1 heterocycles. The molecule has 20 heavy (non-hydrogen) atoms. The lowest BCUT2D eigenvalue weighted by Gasteiger charge is -2.20. The second-order valence-electron chi connectivity index (χ2n) is 5.79. The molecule has 0 radical (unpaired) electrons. The van der Waals surface area contributed by atoms with Gasteiger partial charge in [-0.05, 0) is 64.1 Å². The first-order valence-electron chi connectivity index (χ1n) is 7.48. The van der Waals surface area contributed by atoms with Crippen LogP contribution < -0.4 is 15.4 Å². The third-order valence-corrected chi connectivity index (χ3v) is 3.70. The molecule has 0 spiro atoms. The van der Waals surface area contributed by atoms with Gasteiger partial charge in [-0.1, -0.05) is 6.07 Å². The van der Waals surface area contributed by atoms with E-state index in [0.717, 1.165) is 31.1 Å². The van der Waals surface area contributed by atoms with Gasteiger partial charge in [0.1, 0.15) is 5.75 Å². The Bertz CT molecular complexity index is 412. The van der Waals surface area contributed by atoms with Crippen LogP contribution in [0.2, 0.25) is 0 Å². The monoisotopic (exact) mass is 277 g/mol. The Hall–Kier alpha value is -1.26. The topological polar surface area (TPSA) is 36.5 Å². The average Bonchev–Trinajstić information content (AvgIpc) is 2.67. The van der Waals surface area contributed by atoms with Gasteiger partial charge in [0.05, 0.1) is 12.8 Å². The highest BCUT2D eigenvalue weighted by Crippen LogP contribution is 2.28. The minimum atomic E-state index is 0.536. The lowest BCUT2D eigenvalue weighted by atomic mass is 10.1. The zero-order chi connectivity index (χ0) is 14.4. The van der Waals surface area contributed by atoms with E-state index in [4.69, 9.17) is 4.74 Å². The van der Waals surface area contributed by atoms with Crippen molar-refractivity contribution in [3.63, 3.8) is 0 Å². The molecule has 0 saturated carbocycles. The highest BCUT2D eigenvalue weighted by atomic mass is 16.5. The van der Waals surface area contributed by atoms with Crippen LogP contribution in [0, 0.1) is 0 Å². The first-order chi connectivity index (χ1) is 9.69. The number of ether oxygens (including phenoxy) is 1. The van der Waals surface area contributed by atoms with E-state index >= 15 is 0 Å². The maximum atomic E-state index is 5.49. The van der Waals surface area contributed by atoms with Gasteiger partial charge in [0.25, 0.3) is 0 Å². The van der Waals surface area contributed by atoms with E-state index in [2.05, 4.69) is 47.8 Å². The Labute approximate surface area is 122 Å². The Balaban J connectivity index is 2.10. The van der Waals surface area contributed by atoms with Gasteiger partial charge in [0, 0.05) is 12.6 Å². The fraction of sp³-hybridized carbons (Fsp3) is 0.625. The van der Waals surface area contributed by atoms with Crippen LogP contribution in [0.1, 0.15) is 24.8 Å². The van der Waals surface area contributed by atoms with Crippen LogP contribution in [0.25, 0.3) is 0 Å². The minimum absolute atomic E-state index is 0.536. The highest BCUT2D eigenvalue weighted by Gasteiger charge is 2.14.